The van der Waals surface area contributed by atoms with Crippen molar-refractivity contribution in [2.24, 2.45) is 7.05 Å². The fourth-order valence-electron chi connectivity index (χ4n) is 2.05. The van der Waals surface area contributed by atoms with Crippen LogP contribution in [0.1, 0.15) is 0 Å². The zero-order valence-electron chi connectivity index (χ0n) is 12.1. The molecule has 0 unspecified atom stereocenters. The van der Waals surface area contributed by atoms with E-state index in [0.717, 1.165) is 5.56 Å². The maximum absolute atomic E-state index is 12.4. The molecular weight excluding hydrogens is 336 g/mol. The Kier molecular flexibility index (Phi) is 4.06. The molecule has 6 nitrogen and oxygen atoms in total. The summed E-state index contributed by atoms with van der Waals surface area (Å²) < 4.78 is 28.9. The molecule has 0 bridgehead atoms. The number of benzene rings is 1. The van der Waals surface area contributed by atoms with E-state index in [0.29, 0.717) is 5.56 Å². The quantitative estimate of drug-likeness (QED) is 0.735. The van der Waals surface area contributed by atoms with Gasteiger partial charge in [0.2, 0.25) is 0 Å². The first-order valence-corrected chi connectivity index (χ1v) is 8.54. The van der Waals surface area contributed by atoms with Crippen LogP contribution >= 0.6 is 11.6 Å². The first-order chi connectivity index (χ1) is 11.0. The molecule has 3 aromatic rings. The minimum Gasteiger partial charge on any atom is -0.276 e. The first-order valence-electron chi connectivity index (χ1n) is 6.68. The molecule has 2 heterocycles. The van der Waals surface area contributed by atoms with E-state index in [1.165, 1.54) is 12.1 Å². The fourth-order valence-corrected chi connectivity index (χ4v) is 3.34. The Morgan fingerprint density at radius 3 is 2.52 bits per heavy atom. The second kappa shape index (κ2) is 6.02. The zero-order chi connectivity index (χ0) is 16.4. The van der Waals surface area contributed by atoms with Gasteiger partial charge in [-0.05, 0) is 18.2 Å². The lowest BCUT2D eigenvalue weighted by molar-refractivity contribution is 0.601. The third kappa shape index (κ3) is 3.35. The number of aromatic nitrogens is 3. The largest absolute Gasteiger partial charge is 0.276 e. The van der Waals surface area contributed by atoms with Gasteiger partial charge in [-0.2, -0.15) is 5.10 Å². The highest BCUT2D eigenvalue weighted by Crippen LogP contribution is 2.28. The summed E-state index contributed by atoms with van der Waals surface area (Å²) in [6, 6.07) is 9.70. The molecule has 0 fully saturated rings. The molecule has 118 valence electrons. The highest BCUT2D eigenvalue weighted by atomic mass is 35.5. The van der Waals surface area contributed by atoms with Gasteiger partial charge in [-0.15, -0.1) is 0 Å². The van der Waals surface area contributed by atoms with E-state index in [9.17, 15) is 8.42 Å². The predicted octanol–water partition coefficient (Wildman–Crippen LogP) is 2.94. The van der Waals surface area contributed by atoms with Gasteiger partial charge in [0.1, 0.15) is 0 Å². The zero-order valence-corrected chi connectivity index (χ0v) is 13.7. The van der Waals surface area contributed by atoms with Crippen molar-refractivity contribution in [3.8, 4) is 11.1 Å². The maximum Gasteiger partial charge on any atom is 0.261 e. The molecule has 0 aliphatic heterocycles. The van der Waals surface area contributed by atoms with Gasteiger partial charge in [0.25, 0.3) is 10.0 Å². The summed E-state index contributed by atoms with van der Waals surface area (Å²) in [7, 11) is -1.93. The molecule has 8 heteroatoms. The van der Waals surface area contributed by atoms with Gasteiger partial charge in [-0.25, -0.2) is 13.4 Å². The molecule has 0 amide bonds. The predicted molar refractivity (Wildman–Crippen MR) is 88.7 cm³/mol. The Labute approximate surface area is 138 Å². The minimum absolute atomic E-state index is 0.0807. The van der Waals surface area contributed by atoms with E-state index in [1.54, 1.807) is 54.6 Å². The molecule has 0 saturated carbocycles. The second-order valence-corrected chi connectivity index (χ2v) is 6.92. The SMILES string of the molecule is Cn1cc(-c2cnc(Cl)c(NS(=O)(=O)c3ccccc3)c2)cn1. The average molecular weight is 349 g/mol. The highest BCUT2D eigenvalue weighted by Gasteiger charge is 2.16. The lowest BCUT2D eigenvalue weighted by Crippen LogP contribution is -2.13. The molecule has 23 heavy (non-hydrogen) atoms. The Bertz CT molecular complexity index is 939. The standard InChI is InChI=1S/C15H13ClN4O2S/c1-20-10-12(9-18-20)11-7-14(15(16)17-8-11)19-23(21,22)13-5-3-2-4-6-13/h2-10,19H,1H3. The van der Waals surface area contributed by atoms with Crippen LogP contribution in [0.5, 0.6) is 0 Å². The summed E-state index contributed by atoms with van der Waals surface area (Å²) in [6.45, 7) is 0. The van der Waals surface area contributed by atoms with Gasteiger partial charge in [-0.1, -0.05) is 29.8 Å². The molecule has 2 aromatic heterocycles. The number of nitrogens with one attached hydrogen (secondary N) is 1. The second-order valence-electron chi connectivity index (χ2n) is 4.88. The van der Waals surface area contributed by atoms with Crippen LogP contribution in [0.2, 0.25) is 5.15 Å². The number of hydrogen-bond donors (Lipinski definition) is 1. The summed E-state index contributed by atoms with van der Waals surface area (Å²) in [5.74, 6) is 0. The summed E-state index contributed by atoms with van der Waals surface area (Å²) in [5.41, 5.74) is 1.75. The maximum atomic E-state index is 12.4. The number of anilines is 1. The van der Waals surface area contributed by atoms with Crippen molar-refractivity contribution in [3.05, 3.63) is 60.1 Å². The van der Waals surface area contributed by atoms with Crippen LogP contribution in [0, 0.1) is 0 Å². The molecular formula is C15H13ClN4O2S. The van der Waals surface area contributed by atoms with Gasteiger partial charge in [0, 0.05) is 30.6 Å². The van der Waals surface area contributed by atoms with Gasteiger partial charge < -0.3 is 0 Å². The van der Waals surface area contributed by atoms with Gasteiger partial charge in [-0.3, -0.25) is 9.40 Å². The third-order valence-electron chi connectivity index (χ3n) is 3.18. The van der Waals surface area contributed by atoms with Gasteiger partial charge in [0.15, 0.2) is 5.15 Å². The minimum atomic E-state index is -3.72. The highest BCUT2D eigenvalue weighted by molar-refractivity contribution is 7.92. The van der Waals surface area contributed by atoms with E-state index in [1.807, 2.05) is 0 Å². The van der Waals surface area contributed by atoms with Gasteiger partial charge >= 0.3 is 0 Å². The lowest BCUT2D eigenvalue weighted by Gasteiger charge is -2.10. The van der Waals surface area contributed by atoms with Crippen LogP contribution in [0.25, 0.3) is 11.1 Å². The topological polar surface area (TPSA) is 76.9 Å². The van der Waals surface area contributed by atoms with E-state index in [4.69, 9.17) is 11.6 Å². The molecule has 1 aromatic carbocycles. The Balaban J connectivity index is 1.97. The molecule has 3 rings (SSSR count). The number of rotatable bonds is 4. The van der Waals surface area contributed by atoms with Crippen LogP contribution in [0.15, 0.2) is 59.9 Å². The van der Waals surface area contributed by atoms with Crippen molar-refractivity contribution < 1.29 is 8.42 Å². The van der Waals surface area contributed by atoms with Gasteiger partial charge in [0.05, 0.1) is 16.8 Å². The number of nitrogens with zero attached hydrogens (tertiary/aromatic N) is 3. The van der Waals surface area contributed by atoms with Crippen LogP contribution in [0.4, 0.5) is 5.69 Å². The van der Waals surface area contributed by atoms with E-state index >= 15 is 0 Å². The monoisotopic (exact) mass is 348 g/mol. The van der Waals surface area contributed by atoms with Crippen LogP contribution in [-0.2, 0) is 17.1 Å². The average Bonchev–Trinajstić information content (AvgIpc) is 2.97. The Morgan fingerprint density at radius 2 is 1.87 bits per heavy atom. The molecule has 0 aliphatic carbocycles. The number of pyridine rings is 1. The van der Waals surface area contributed by atoms with Crippen molar-refractivity contribution in [2.45, 2.75) is 4.90 Å². The van der Waals surface area contributed by atoms with Crippen LogP contribution < -0.4 is 4.72 Å². The van der Waals surface area contributed by atoms with Crippen LogP contribution in [-0.4, -0.2) is 23.2 Å². The van der Waals surface area contributed by atoms with Crippen molar-refractivity contribution >= 4 is 27.3 Å². The smallest absolute Gasteiger partial charge is 0.261 e. The van der Waals surface area contributed by atoms with Crippen molar-refractivity contribution in [1.29, 1.82) is 0 Å². The van der Waals surface area contributed by atoms with Crippen molar-refractivity contribution in [3.63, 3.8) is 0 Å². The first kappa shape index (κ1) is 15.5. The number of halogens is 1. The summed E-state index contributed by atoms with van der Waals surface area (Å²) in [5, 5.41) is 4.17. The Morgan fingerprint density at radius 1 is 1.13 bits per heavy atom. The summed E-state index contributed by atoms with van der Waals surface area (Å²) in [4.78, 5) is 4.20. The molecule has 0 atom stereocenters. The number of sulfonamides is 1. The lowest BCUT2D eigenvalue weighted by atomic mass is 10.1. The van der Waals surface area contributed by atoms with E-state index in [2.05, 4.69) is 14.8 Å². The van der Waals surface area contributed by atoms with E-state index in [-0.39, 0.29) is 15.7 Å². The Hall–Kier alpha value is -2.38. The number of hydrogen-bond acceptors (Lipinski definition) is 4. The molecule has 0 saturated heterocycles. The fraction of sp³-hybridized carbons (Fsp3) is 0.0667. The van der Waals surface area contributed by atoms with Crippen molar-refractivity contribution in [1.82, 2.24) is 14.8 Å². The summed E-state index contributed by atoms with van der Waals surface area (Å²) in [6.07, 6.45) is 5.04. The molecule has 0 radical (unpaired) electrons. The number of aryl methyl sites for hydroxylation is 1. The normalized spacial score (nSPS) is 11.4. The summed E-state index contributed by atoms with van der Waals surface area (Å²) >= 11 is 6.02. The third-order valence-corrected chi connectivity index (χ3v) is 4.86. The van der Waals surface area contributed by atoms with Crippen molar-refractivity contribution in [2.75, 3.05) is 4.72 Å². The molecule has 1 N–H and O–H groups in total. The van der Waals surface area contributed by atoms with Crippen LogP contribution in [0.3, 0.4) is 0 Å². The molecule has 0 spiro atoms. The molecule has 0 aliphatic rings. The van der Waals surface area contributed by atoms with E-state index < -0.39 is 10.0 Å².